The van der Waals surface area contributed by atoms with Gasteiger partial charge in [0.2, 0.25) is 5.91 Å². The third-order valence-corrected chi connectivity index (χ3v) is 3.72. The van der Waals surface area contributed by atoms with Crippen molar-refractivity contribution in [2.24, 2.45) is 0 Å². The van der Waals surface area contributed by atoms with Crippen LogP contribution in [0.2, 0.25) is 0 Å². The van der Waals surface area contributed by atoms with Crippen molar-refractivity contribution in [2.45, 2.75) is 25.9 Å². The summed E-state index contributed by atoms with van der Waals surface area (Å²) in [7, 11) is 0. The van der Waals surface area contributed by atoms with E-state index in [0.29, 0.717) is 12.2 Å². The van der Waals surface area contributed by atoms with E-state index in [1.54, 1.807) is 0 Å². The molecule has 1 aromatic heterocycles. The maximum atomic E-state index is 12.0. The first kappa shape index (κ1) is 20.9. The maximum absolute atomic E-state index is 12.0. The zero-order chi connectivity index (χ0) is 20.7. The number of aliphatic carboxylic acids is 1. The van der Waals surface area contributed by atoms with Gasteiger partial charge in [0.15, 0.2) is 5.82 Å². The highest BCUT2D eigenvalue weighted by atomic mass is 19.4. The van der Waals surface area contributed by atoms with Gasteiger partial charge < -0.3 is 10.4 Å². The smallest absolute Gasteiger partial charge is 0.475 e. The summed E-state index contributed by atoms with van der Waals surface area (Å²) in [5.74, 6) is -2.20. The number of carbonyl (C=O) groups is 2. The average Bonchev–Trinajstić information content (AvgIpc) is 3.04. The number of amides is 1. The molecule has 28 heavy (non-hydrogen) atoms. The standard InChI is InChI=1S/C17H17N3O.C2HF3O2/c1-12-11-16(20-19-12)18-17(21)10-9-14-7-4-6-13-5-2-3-8-15(13)14;3-2(4,5)1(6)7/h2-8,11H,9-10H2,1H3,(H2,18,19,20,21);(H,6,7). The van der Waals surface area contributed by atoms with Gasteiger partial charge in [0.1, 0.15) is 0 Å². The van der Waals surface area contributed by atoms with Gasteiger partial charge in [0.25, 0.3) is 0 Å². The molecule has 0 radical (unpaired) electrons. The molecular formula is C19H18F3N3O3. The van der Waals surface area contributed by atoms with Gasteiger partial charge in [-0.05, 0) is 29.7 Å². The number of anilines is 1. The van der Waals surface area contributed by atoms with Gasteiger partial charge in [0.05, 0.1) is 0 Å². The Hall–Kier alpha value is -3.36. The van der Waals surface area contributed by atoms with Crippen molar-refractivity contribution in [2.75, 3.05) is 5.32 Å². The van der Waals surface area contributed by atoms with Crippen LogP contribution in [0.25, 0.3) is 10.8 Å². The number of aryl methyl sites for hydroxylation is 2. The fourth-order valence-corrected chi connectivity index (χ4v) is 2.45. The molecule has 1 amide bonds. The average molecular weight is 393 g/mol. The second-order valence-corrected chi connectivity index (χ2v) is 5.93. The van der Waals surface area contributed by atoms with Gasteiger partial charge >= 0.3 is 12.1 Å². The van der Waals surface area contributed by atoms with Crippen LogP contribution in [-0.4, -0.2) is 33.4 Å². The number of halogens is 3. The normalized spacial score (nSPS) is 10.9. The predicted molar refractivity (Wildman–Crippen MR) is 97.9 cm³/mol. The summed E-state index contributed by atoms with van der Waals surface area (Å²) in [5, 5.41) is 19.2. The largest absolute Gasteiger partial charge is 0.490 e. The van der Waals surface area contributed by atoms with E-state index in [4.69, 9.17) is 9.90 Å². The molecule has 0 saturated heterocycles. The molecule has 0 unspecified atom stereocenters. The van der Waals surface area contributed by atoms with Crippen molar-refractivity contribution < 1.29 is 27.9 Å². The van der Waals surface area contributed by atoms with Crippen LogP contribution in [0, 0.1) is 6.92 Å². The third kappa shape index (κ3) is 6.11. The van der Waals surface area contributed by atoms with Gasteiger partial charge in [-0.15, -0.1) is 0 Å². The number of fused-ring (bicyclic) bond motifs is 1. The molecule has 2 aromatic carbocycles. The number of hydrogen-bond acceptors (Lipinski definition) is 3. The Labute approximate surface area is 158 Å². The number of benzene rings is 2. The molecule has 1 heterocycles. The molecule has 148 valence electrons. The molecule has 0 atom stereocenters. The zero-order valence-corrected chi connectivity index (χ0v) is 14.9. The number of alkyl halides is 3. The van der Waals surface area contributed by atoms with Gasteiger partial charge in [-0.3, -0.25) is 9.89 Å². The van der Waals surface area contributed by atoms with E-state index in [-0.39, 0.29) is 5.91 Å². The number of carboxylic acids is 1. The molecule has 0 aliphatic heterocycles. The molecular weight excluding hydrogens is 375 g/mol. The first-order valence-corrected chi connectivity index (χ1v) is 8.25. The van der Waals surface area contributed by atoms with E-state index in [1.165, 1.54) is 16.3 Å². The van der Waals surface area contributed by atoms with Crippen molar-refractivity contribution in [1.29, 1.82) is 0 Å². The summed E-state index contributed by atoms with van der Waals surface area (Å²) in [5.41, 5.74) is 2.13. The highest BCUT2D eigenvalue weighted by molar-refractivity contribution is 5.91. The summed E-state index contributed by atoms with van der Waals surface area (Å²) in [4.78, 5) is 20.9. The molecule has 3 aromatic rings. The number of rotatable bonds is 4. The van der Waals surface area contributed by atoms with E-state index >= 15 is 0 Å². The van der Waals surface area contributed by atoms with Gasteiger partial charge in [-0.2, -0.15) is 18.3 Å². The monoisotopic (exact) mass is 393 g/mol. The van der Waals surface area contributed by atoms with E-state index in [9.17, 15) is 18.0 Å². The summed E-state index contributed by atoms with van der Waals surface area (Å²) in [6.45, 7) is 1.90. The fraction of sp³-hybridized carbons (Fsp3) is 0.211. The Morgan fingerprint density at radius 3 is 2.39 bits per heavy atom. The number of carbonyl (C=O) groups excluding carboxylic acids is 1. The van der Waals surface area contributed by atoms with Crippen molar-refractivity contribution in [1.82, 2.24) is 10.2 Å². The van der Waals surface area contributed by atoms with E-state index in [0.717, 1.165) is 12.1 Å². The minimum absolute atomic E-state index is 0.0190. The molecule has 0 aliphatic carbocycles. The van der Waals surface area contributed by atoms with E-state index in [1.807, 2.05) is 31.2 Å². The first-order chi connectivity index (χ1) is 13.2. The number of hydrogen-bond donors (Lipinski definition) is 3. The summed E-state index contributed by atoms with van der Waals surface area (Å²) < 4.78 is 31.7. The van der Waals surface area contributed by atoms with Gasteiger partial charge in [-0.1, -0.05) is 42.5 Å². The Morgan fingerprint density at radius 1 is 1.14 bits per heavy atom. The molecule has 6 nitrogen and oxygen atoms in total. The van der Waals surface area contributed by atoms with Crippen molar-refractivity contribution in [3.05, 3.63) is 59.8 Å². The van der Waals surface area contributed by atoms with Crippen LogP contribution in [0.5, 0.6) is 0 Å². The van der Waals surface area contributed by atoms with Gasteiger partial charge in [-0.25, -0.2) is 4.79 Å². The Bertz CT molecular complexity index is 962. The molecule has 3 N–H and O–H groups in total. The minimum Gasteiger partial charge on any atom is -0.475 e. The van der Waals surface area contributed by atoms with Crippen LogP contribution >= 0.6 is 0 Å². The van der Waals surface area contributed by atoms with Crippen LogP contribution in [0.1, 0.15) is 17.7 Å². The van der Waals surface area contributed by atoms with Crippen LogP contribution < -0.4 is 5.32 Å². The summed E-state index contributed by atoms with van der Waals surface area (Å²) in [6.07, 6.45) is -3.92. The lowest BCUT2D eigenvalue weighted by atomic mass is 10.0. The molecule has 0 bridgehead atoms. The number of nitrogens with zero attached hydrogens (tertiary/aromatic N) is 1. The molecule has 0 aliphatic rings. The van der Waals surface area contributed by atoms with Crippen LogP contribution in [0.3, 0.4) is 0 Å². The fourth-order valence-electron chi connectivity index (χ4n) is 2.45. The minimum atomic E-state index is -5.08. The summed E-state index contributed by atoms with van der Waals surface area (Å²) >= 11 is 0. The Kier molecular flexibility index (Phi) is 6.75. The lowest BCUT2D eigenvalue weighted by Crippen LogP contribution is -2.21. The molecule has 0 fully saturated rings. The molecule has 0 saturated carbocycles. The topological polar surface area (TPSA) is 95.1 Å². The lowest BCUT2D eigenvalue weighted by Gasteiger charge is -2.06. The quantitative estimate of drug-likeness (QED) is 0.623. The number of aromatic amines is 1. The number of H-pyrrole nitrogens is 1. The summed E-state index contributed by atoms with van der Waals surface area (Å²) in [6, 6.07) is 16.3. The zero-order valence-electron chi connectivity index (χ0n) is 14.9. The second-order valence-electron chi connectivity index (χ2n) is 5.93. The highest BCUT2D eigenvalue weighted by Gasteiger charge is 2.38. The SMILES string of the molecule is Cc1cc(NC(=O)CCc2cccc3ccccc23)n[nH]1.O=C(O)C(F)(F)F. The predicted octanol–water partition coefficient (Wildman–Crippen LogP) is 4.08. The number of nitrogens with one attached hydrogen (secondary N) is 2. The highest BCUT2D eigenvalue weighted by Crippen LogP contribution is 2.20. The van der Waals surface area contributed by atoms with Crippen LogP contribution in [0.4, 0.5) is 19.0 Å². The Morgan fingerprint density at radius 2 is 1.79 bits per heavy atom. The number of carboxylic acid groups (broad SMARTS) is 1. The van der Waals surface area contributed by atoms with Crippen molar-refractivity contribution in [3.63, 3.8) is 0 Å². The van der Waals surface area contributed by atoms with Gasteiger partial charge in [0, 0.05) is 18.2 Å². The molecule has 3 rings (SSSR count). The molecule has 9 heteroatoms. The van der Waals surface area contributed by atoms with Crippen LogP contribution in [0.15, 0.2) is 48.5 Å². The van der Waals surface area contributed by atoms with E-state index in [2.05, 4.69) is 39.8 Å². The number of aromatic nitrogens is 2. The van der Waals surface area contributed by atoms with Crippen molar-refractivity contribution >= 4 is 28.5 Å². The van der Waals surface area contributed by atoms with Crippen molar-refractivity contribution in [3.8, 4) is 0 Å². The maximum Gasteiger partial charge on any atom is 0.490 e. The Balaban J connectivity index is 0.000000345. The van der Waals surface area contributed by atoms with Crippen LogP contribution in [-0.2, 0) is 16.0 Å². The molecule has 0 spiro atoms. The third-order valence-electron chi connectivity index (χ3n) is 3.72. The van der Waals surface area contributed by atoms with E-state index < -0.39 is 12.1 Å². The first-order valence-electron chi connectivity index (χ1n) is 8.25. The second kappa shape index (κ2) is 9.03. The lowest BCUT2D eigenvalue weighted by molar-refractivity contribution is -0.192.